The molecule has 18 heavy (non-hydrogen) atoms. The third-order valence-electron chi connectivity index (χ3n) is 4.90. The molecule has 1 rings (SSSR count). The van der Waals surface area contributed by atoms with Crippen molar-refractivity contribution in [2.45, 2.75) is 97.0 Å². The van der Waals surface area contributed by atoms with Crippen molar-refractivity contribution in [2.24, 2.45) is 11.8 Å². The number of rotatable bonds is 8. The first kappa shape index (κ1) is 16.0. The van der Waals surface area contributed by atoms with Crippen molar-refractivity contribution in [3.05, 3.63) is 0 Å². The maximum Gasteiger partial charge on any atom is 0.0648 e. The fourth-order valence-electron chi connectivity index (χ4n) is 3.33. The zero-order valence-electron chi connectivity index (χ0n) is 12.9. The minimum Gasteiger partial charge on any atom is -0.390 e. The van der Waals surface area contributed by atoms with Gasteiger partial charge in [-0.3, -0.25) is 0 Å². The molecule has 0 amide bonds. The lowest BCUT2D eigenvalue weighted by Gasteiger charge is -2.37. The first-order valence-corrected chi connectivity index (χ1v) is 8.30. The molecule has 1 nitrogen and oxygen atoms in total. The van der Waals surface area contributed by atoms with Gasteiger partial charge in [-0.2, -0.15) is 0 Å². The molecule has 1 heteroatoms. The maximum absolute atomic E-state index is 10.6. The van der Waals surface area contributed by atoms with Gasteiger partial charge in [-0.15, -0.1) is 0 Å². The van der Waals surface area contributed by atoms with Crippen molar-refractivity contribution in [1.29, 1.82) is 0 Å². The van der Waals surface area contributed by atoms with E-state index in [2.05, 4.69) is 20.8 Å². The van der Waals surface area contributed by atoms with E-state index in [9.17, 15) is 5.11 Å². The molecular formula is C17H34O. The largest absolute Gasteiger partial charge is 0.390 e. The Balaban J connectivity index is 2.11. The zero-order valence-corrected chi connectivity index (χ0v) is 12.9. The summed E-state index contributed by atoms with van der Waals surface area (Å²) in [6.07, 6.45) is 13.6. The number of hydrogen-bond donors (Lipinski definition) is 1. The van der Waals surface area contributed by atoms with Crippen LogP contribution in [-0.2, 0) is 0 Å². The van der Waals surface area contributed by atoms with E-state index in [4.69, 9.17) is 0 Å². The predicted molar refractivity (Wildman–Crippen MR) is 79.7 cm³/mol. The smallest absolute Gasteiger partial charge is 0.0648 e. The second kappa shape index (κ2) is 8.19. The molecule has 0 spiro atoms. The van der Waals surface area contributed by atoms with Crippen LogP contribution in [0.2, 0.25) is 0 Å². The summed E-state index contributed by atoms with van der Waals surface area (Å²) in [5, 5.41) is 10.6. The highest BCUT2D eigenvalue weighted by molar-refractivity contribution is 4.86. The molecular weight excluding hydrogens is 220 g/mol. The van der Waals surface area contributed by atoms with E-state index in [1.165, 1.54) is 51.4 Å². The van der Waals surface area contributed by atoms with E-state index in [0.29, 0.717) is 0 Å². The van der Waals surface area contributed by atoms with Gasteiger partial charge in [0.2, 0.25) is 0 Å². The summed E-state index contributed by atoms with van der Waals surface area (Å²) in [4.78, 5) is 0. The number of aliphatic hydroxyl groups is 1. The summed E-state index contributed by atoms with van der Waals surface area (Å²) in [5.74, 6) is 1.65. The lowest BCUT2D eigenvalue weighted by atomic mass is 9.73. The van der Waals surface area contributed by atoms with Crippen molar-refractivity contribution >= 4 is 0 Å². The summed E-state index contributed by atoms with van der Waals surface area (Å²) in [5.41, 5.74) is -0.309. The third-order valence-corrected chi connectivity index (χ3v) is 4.90. The number of unbranched alkanes of at least 4 members (excludes halogenated alkanes) is 5. The molecule has 1 aliphatic carbocycles. The minimum absolute atomic E-state index is 0.309. The van der Waals surface area contributed by atoms with Gasteiger partial charge in [-0.1, -0.05) is 59.3 Å². The highest BCUT2D eigenvalue weighted by Crippen LogP contribution is 2.38. The number of hydrogen-bond acceptors (Lipinski definition) is 1. The summed E-state index contributed by atoms with van der Waals surface area (Å²) < 4.78 is 0. The van der Waals surface area contributed by atoms with Crippen LogP contribution in [0, 0.1) is 11.8 Å². The average Bonchev–Trinajstić information content (AvgIpc) is 2.34. The van der Waals surface area contributed by atoms with Crippen LogP contribution in [0.25, 0.3) is 0 Å². The van der Waals surface area contributed by atoms with Crippen LogP contribution < -0.4 is 0 Å². The molecule has 1 N–H and O–H groups in total. The Morgan fingerprint density at radius 3 is 2.11 bits per heavy atom. The Morgan fingerprint density at radius 2 is 1.56 bits per heavy atom. The maximum atomic E-state index is 10.6. The lowest BCUT2D eigenvalue weighted by molar-refractivity contribution is -0.0238. The van der Waals surface area contributed by atoms with Gasteiger partial charge < -0.3 is 5.11 Å². The molecule has 0 saturated heterocycles. The summed E-state index contributed by atoms with van der Waals surface area (Å²) in [7, 11) is 0. The van der Waals surface area contributed by atoms with E-state index in [-0.39, 0.29) is 5.60 Å². The molecule has 0 heterocycles. The summed E-state index contributed by atoms with van der Waals surface area (Å²) >= 11 is 0. The molecule has 108 valence electrons. The first-order valence-electron chi connectivity index (χ1n) is 8.30. The van der Waals surface area contributed by atoms with Crippen LogP contribution in [0.5, 0.6) is 0 Å². The van der Waals surface area contributed by atoms with E-state index >= 15 is 0 Å². The van der Waals surface area contributed by atoms with Crippen molar-refractivity contribution in [2.75, 3.05) is 0 Å². The molecule has 0 unspecified atom stereocenters. The molecule has 0 aromatic carbocycles. The van der Waals surface area contributed by atoms with Crippen molar-refractivity contribution in [3.63, 3.8) is 0 Å². The van der Waals surface area contributed by atoms with Crippen molar-refractivity contribution < 1.29 is 5.11 Å². The van der Waals surface area contributed by atoms with Crippen LogP contribution in [0.4, 0.5) is 0 Å². The van der Waals surface area contributed by atoms with Gasteiger partial charge in [0, 0.05) is 0 Å². The fraction of sp³-hybridized carbons (Fsp3) is 1.00. The fourth-order valence-corrected chi connectivity index (χ4v) is 3.33. The second-order valence-corrected chi connectivity index (χ2v) is 6.82. The molecule has 1 saturated carbocycles. The van der Waals surface area contributed by atoms with E-state index < -0.39 is 0 Å². The Morgan fingerprint density at radius 1 is 1.00 bits per heavy atom. The molecule has 1 aliphatic rings. The first-order chi connectivity index (χ1) is 8.57. The Hall–Kier alpha value is -0.0400. The van der Waals surface area contributed by atoms with Gasteiger partial charge in [0.1, 0.15) is 0 Å². The standard InChI is InChI=1S/C17H34O/c1-4-5-6-7-8-9-12-17(18)13-10-16(11-14-17)15(2)3/h15-16,18H,4-14H2,1-3H3. The van der Waals surface area contributed by atoms with Crippen molar-refractivity contribution in [3.8, 4) is 0 Å². The van der Waals surface area contributed by atoms with Crippen LogP contribution in [-0.4, -0.2) is 10.7 Å². The highest BCUT2D eigenvalue weighted by atomic mass is 16.3. The Labute approximate surface area is 114 Å². The molecule has 0 radical (unpaired) electrons. The van der Waals surface area contributed by atoms with Gasteiger partial charge in [-0.25, -0.2) is 0 Å². The summed E-state index contributed by atoms with van der Waals surface area (Å²) in [6, 6.07) is 0. The molecule has 0 aromatic heterocycles. The normalized spacial score (nSPS) is 28.8. The van der Waals surface area contributed by atoms with Crippen LogP contribution >= 0.6 is 0 Å². The summed E-state index contributed by atoms with van der Waals surface area (Å²) in [6.45, 7) is 6.90. The van der Waals surface area contributed by atoms with Gasteiger partial charge >= 0.3 is 0 Å². The minimum atomic E-state index is -0.309. The van der Waals surface area contributed by atoms with Crippen LogP contribution in [0.15, 0.2) is 0 Å². The lowest BCUT2D eigenvalue weighted by Crippen LogP contribution is -2.35. The molecule has 1 fully saturated rings. The molecule has 0 atom stereocenters. The van der Waals surface area contributed by atoms with Gasteiger partial charge in [0.15, 0.2) is 0 Å². The molecule has 0 bridgehead atoms. The average molecular weight is 254 g/mol. The SMILES string of the molecule is CCCCCCCCC1(O)CCC(C(C)C)CC1. The van der Waals surface area contributed by atoms with Crippen molar-refractivity contribution in [1.82, 2.24) is 0 Å². The topological polar surface area (TPSA) is 20.2 Å². The van der Waals surface area contributed by atoms with E-state index in [1.54, 1.807) is 0 Å². The zero-order chi connectivity index (χ0) is 13.4. The Bertz CT molecular complexity index is 202. The van der Waals surface area contributed by atoms with Gasteiger partial charge in [-0.05, 0) is 43.9 Å². The monoisotopic (exact) mass is 254 g/mol. The van der Waals surface area contributed by atoms with Crippen LogP contribution in [0.3, 0.4) is 0 Å². The predicted octanol–water partition coefficient (Wildman–Crippen LogP) is 5.31. The van der Waals surface area contributed by atoms with E-state index in [1.807, 2.05) is 0 Å². The highest BCUT2D eigenvalue weighted by Gasteiger charge is 2.33. The second-order valence-electron chi connectivity index (χ2n) is 6.82. The Kier molecular flexibility index (Phi) is 7.29. The molecule has 0 aromatic rings. The quantitative estimate of drug-likeness (QED) is 0.582. The van der Waals surface area contributed by atoms with Gasteiger partial charge in [0.05, 0.1) is 5.60 Å². The van der Waals surface area contributed by atoms with Crippen LogP contribution in [0.1, 0.15) is 91.4 Å². The van der Waals surface area contributed by atoms with E-state index in [0.717, 1.165) is 31.1 Å². The van der Waals surface area contributed by atoms with Gasteiger partial charge in [0.25, 0.3) is 0 Å². The third kappa shape index (κ3) is 5.73. The molecule has 0 aliphatic heterocycles.